The van der Waals surface area contributed by atoms with Gasteiger partial charge in [0.25, 0.3) is 0 Å². The van der Waals surface area contributed by atoms with Gasteiger partial charge < -0.3 is 10.0 Å². The lowest BCUT2D eigenvalue weighted by Crippen LogP contribution is -2.35. The summed E-state index contributed by atoms with van der Waals surface area (Å²) in [5.74, 6) is 0. The van der Waals surface area contributed by atoms with Crippen LogP contribution in [0.25, 0.3) is 0 Å². The lowest BCUT2D eigenvalue weighted by atomic mass is 10.0. The minimum atomic E-state index is -4.21. The van der Waals surface area contributed by atoms with Crippen molar-refractivity contribution in [2.75, 3.05) is 11.4 Å². The molecule has 0 aliphatic heterocycles. The number of nitrogens with zero attached hydrogens (tertiary/aromatic N) is 2. The average Bonchev–Trinajstić information content (AvgIpc) is 3.04. The zero-order valence-corrected chi connectivity index (χ0v) is 11.1. The number of anilines is 1. The molecule has 1 heterocycles. The minimum Gasteiger partial charge on any atom is -0.388 e. The molecule has 2 aliphatic rings. The molecular weight excluding hydrogens is 277 g/mol. The number of fused-ring (bicyclic) bond motifs is 1. The monoisotopic (exact) mass is 292 g/mol. The Labute approximate surface area is 113 Å². The predicted octanol–water partition coefficient (Wildman–Crippen LogP) is 3.04. The molecule has 0 amide bonds. The topological polar surface area (TPSA) is 36.4 Å². The van der Waals surface area contributed by atoms with Crippen molar-refractivity contribution in [3.05, 3.63) is 10.6 Å². The predicted molar refractivity (Wildman–Crippen MR) is 66.4 cm³/mol. The molecule has 7 heteroatoms. The van der Waals surface area contributed by atoms with E-state index in [1.54, 1.807) is 0 Å². The van der Waals surface area contributed by atoms with E-state index in [1.165, 1.54) is 16.2 Å². The lowest BCUT2D eigenvalue weighted by molar-refractivity contribution is -0.120. The molecule has 19 heavy (non-hydrogen) atoms. The molecule has 1 aromatic heterocycles. The van der Waals surface area contributed by atoms with Gasteiger partial charge >= 0.3 is 6.18 Å². The van der Waals surface area contributed by atoms with Crippen LogP contribution in [0.4, 0.5) is 18.3 Å². The molecule has 0 radical (unpaired) electrons. The summed E-state index contributed by atoms with van der Waals surface area (Å²) in [6.07, 6.45) is -0.897. The van der Waals surface area contributed by atoms with Gasteiger partial charge in [-0.25, -0.2) is 4.98 Å². The fourth-order valence-electron chi connectivity index (χ4n) is 2.44. The number of rotatable bonds is 3. The Morgan fingerprint density at radius 1 is 1.32 bits per heavy atom. The van der Waals surface area contributed by atoms with Crippen molar-refractivity contribution in [2.45, 2.75) is 50.4 Å². The van der Waals surface area contributed by atoms with Crippen LogP contribution in [0.1, 0.15) is 42.4 Å². The summed E-state index contributed by atoms with van der Waals surface area (Å²) >= 11 is 1.23. The first-order valence-electron chi connectivity index (χ1n) is 6.45. The second kappa shape index (κ2) is 4.63. The highest BCUT2D eigenvalue weighted by molar-refractivity contribution is 7.15. The maximum Gasteiger partial charge on any atom is 0.406 e. The summed E-state index contributed by atoms with van der Waals surface area (Å²) in [7, 11) is 0. The highest BCUT2D eigenvalue weighted by atomic mass is 32.1. The second-order valence-corrected chi connectivity index (χ2v) is 6.20. The van der Waals surface area contributed by atoms with Gasteiger partial charge in [-0.3, -0.25) is 0 Å². The largest absolute Gasteiger partial charge is 0.406 e. The molecule has 106 valence electrons. The van der Waals surface area contributed by atoms with Crippen LogP contribution >= 0.6 is 11.3 Å². The van der Waals surface area contributed by atoms with Gasteiger partial charge in [-0.2, -0.15) is 13.2 Å². The molecule has 1 fully saturated rings. The van der Waals surface area contributed by atoms with Crippen LogP contribution in [-0.4, -0.2) is 28.9 Å². The van der Waals surface area contributed by atoms with Crippen LogP contribution in [-0.2, 0) is 6.42 Å². The van der Waals surface area contributed by atoms with Crippen molar-refractivity contribution in [1.82, 2.24) is 4.98 Å². The summed E-state index contributed by atoms with van der Waals surface area (Å²) in [5, 5.41) is 10.3. The molecule has 0 spiro atoms. The maximum atomic E-state index is 12.6. The number of hydrogen-bond acceptors (Lipinski definition) is 4. The molecule has 1 N–H and O–H groups in total. The average molecular weight is 292 g/mol. The highest BCUT2D eigenvalue weighted by Gasteiger charge is 2.40. The van der Waals surface area contributed by atoms with Crippen molar-refractivity contribution in [3.8, 4) is 0 Å². The first kappa shape index (κ1) is 13.2. The zero-order valence-electron chi connectivity index (χ0n) is 10.3. The molecule has 1 atom stereocenters. The van der Waals surface area contributed by atoms with E-state index in [9.17, 15) is 18.3 Å². The van der Waals surface area contributed by atoms with Crippen LogP contribution in [0.3, 0.4) is 0 Å². The van der Waals surface area contributed by atoms with Crippen LogP contribution < -0.4 is 4.90 Å². The van der Waals surface area contributed by atoms with E-state index in [1.807, 2.05) is 0 Å². The molecular formula is C12H15F3N2OS. The summed E-state index contributed by atoms with van der Waals surface area (Å²) in [5.41, 5.74) is 0.784. The Hall–Kier alpha value is -0.820. The van der Waals surface area contributed by atoms with Crippen LogP contribution in [0.15, 0.2) is 0 Å². The van der Waals surface area contributed by atoms with Gasteiger partial charge in [0.05, 0.1) is 16.7 Å². The molecule has 0 aromatic carbocycles. The number of thiazole rings is 1. The quantitative estimate of drug-likeness (QED) is 0.930. The number of aromatic nitrogens is 1. The Morgan fingerprint density at radius 3 is 2.63 bits per heavy atom. The molecule has 0 saturated heterocycles. The van der Waals surface area contributed by atoms with E-state index in [-0.39, 0.29) is 6.04 Å². The molecule has 3 nitrogen and oxygen atoms in total. The lowest BCUT2D eigenvalue weighted by Gasteiger charge is -2.22. The van der Waals surface area contributed by atoms with E-state index in [0.29, 0.717) is 11.6 Å². The number of alkyl halides is 3. The van der Waals surface area contributed by atoms with Gasteiger partial charge in [-0.15, -0.1) is 0 Å². The fourth-order valence-corrected chi connectivity index (χ4v) is 3.64. The standard InChI is InChI=1S/C12H15F3N2OS/c13-12(14,15)6-17(7-4-5-7)11-16-8-2-1-3-9(18)10(8)19-11/h7,9,18H,1-6H2. The number of hydrogen-bond donors (Lipinski definition) is 1. The molecule has 3 rings (SSSR count). The summed E-state index contributed by atoms with van der Waals surface area (Å²) in [6.45, 7) is -0.944. The van der Waals surface area contributed by atoms with Gasteiger partial charge in [0.15, 0.2) is 5.13 Å². The van der Waals surface area contributed by atoms with Crippen LogP contribution in [0.2, 0.25) is 0 Å². The van der Waals surface area contributed by atoms with Gasteiger partial charge in [0, 0.05) is 6.04 Å². The van der Waals surface area contributed by atoms with Gasteiger partial charge in [-0.05, 0) is 32.1 Å². The third-order valence-corrected chi connectivity index (χ3v) is 4.73. The van der Waals surface area contributed by atoms with E-state index < -0.39 is 18.8 Å². The van der Waals surface area contributed by atoms with Gasteiger partial charge in [0.2, 0.25) is 0 Å². The summed E-state index contributed by atoms with van der Waals surface area (Å²) in [4.78, 5) is 6.45. The van der Waals surface area contributed by atoms with E-state index in [2.05, 4.69) is 4.98 Å². The Morgan fingerprint density at radius 2 is 2.05 bits per heavy atom. The number of aryl methyl sites for hydroxylation is 1. The van der Waals surface area contributed by atoms with E-state index in [4.69, 9.17) is 0 Å². The van der Waals surface area contributed by atoms with Crippen LogP contribution in [0, 0.1) is 0 Å². The van der Waals surface area contributed by atoms with Crippen molar-refractivity contribution in [2.24, 2.45) is 0 Å². The smallest absolute Gasteiger partial charge is 0.388 e. The van der Waals surface area contributed by atoms with Crippen molar-refractivity contribution in [3.63, 3.8) is 0 Å². The van der Waals surface area contributed by atoms with Crippen LogP contribution in [0.5, 0.6) is 0 Å². The normalized spacial score (nSPS) is 23.3. The Bertz CT molecular complexity index is 470. The Balaban J connectivity index is 1.86. The molecule has 2 aliphatic carbocycles. The number of halogens is 3. The summed E-state index contributed by atoms with van der Waals surface area (Å²) < 4.78 is 37.9. The van der Waals surface area contributed by atoms with E-state index in [0.717, 1.165) is 36.3 Å². The number of aliphatic hydroxyl groups is 1. The first-order chi connectivity index (χ1) is 8.94. The van der Waals surface area contributed by atoms with Crippen molar-refractivity contribution >= 4 is 16.5 Å². The van der Waals surface area contributed by atoms with Crippen molar-refractivity contribution < 1.29 is 18.3 Å². The molecule has 1 unspecified atom stereocenters. The molecule has 0 bridgehead atoms. The zero-order chi connectivity index (χ0) is 13.6. The first-order valence-corrected chi connectivity index (χ1v) is 7.27. The van der Waals surface area contributed by atoms with E-state index >= 15 is 0 Å². The highest BCUT2D eigenvalue weighted by Crippen LogP contribution is 2.41. The third kappa shape index (κ3) is 2.86. The Kier molecular flexibility index (Phi) is 3.21. The maximum absolute atomic E-state index is 12.6. The van der Waals surface area contributed by atoms with Gasteiger partial charge in [-0.1, -0.05) is 11.3 Å². The molecule has 1 aromatic rings. The molecule has 1 saturated carbocycles. The third-order valence-electron chi connectivity index (χ3n) is 3.49. The fraction of sp³-hybridized carbons (Fsp3) is 0.750. The SMILES string of the molecule is OC1CCCc2nc(N(CC(F)(F)F)C3CC3)sc21. The van der Waals surface area contributed by atoms with Gasteiger partial charge in [0.1, 0.15) is 6.54 Å². The van der Waals surface area contributed by atoms with Crippen molar-refractivity contribution in [1.29, 1.82) is 0 Å². The number of aliphatic hydroxyl groups excluding tert-OH is 1. The second-order valence-electron chi connectivity index (χ2n) is 5.19. The summed E-state index contributed by atoms with van der Waals surface area (Å²) in [6, 6.07) is -0.0358. The minimum absolute atomic E-state index is 0.0358.